The van der Waals surface area contributed by atoms with E-state index in [9.17, 15) is 9.59 Å². The van der Waals surface area contributed by atoms with Gasteiger partial charge in [-0.25, -0.2) is 9.97 Å². The molecule has 42 heavy (non-hydrogen) atoms. The molecule has 2 N–H and O–H groups in total. The number of nitrogens with two attached hydrogens (primary N) is 1. The summed E-state index contributed by atoms with van der Waals surface area (Å²) < 4.78 is 4.27. The van der Waals surface area contributed by atoms with Gasteiger partial charge in [-0.3, -0.25) is 14.5 Å². The summed E-state index contributed by atoms with van der Waals surface area (Å²) in [6.45, 7) is 2.83. The highest BCUT2D eigenvalue weighted by molar-refractivity contribution is 6.21. The molecule has 0 atom stereocenters. The summed E-state index contributed by atoms with van der Waals surface area (Å²) in [5, 5.41) is 0. The topological polar surface area (TPSA) is 99.0 Å². The van der Waals surface area contributed by atoms with Crippen molar-refractivity contribution in [1.82, 2.24) is 24.0 Å². The van der Waals surface area contributed by atoms with Crippen LogP contribution in [0.1, 0.15) is 43.2 Å². The highest BCUT2D eigenvalue weighted by atomic mass is 16.2. The average Bonchev–Trinajstić information content (AvgIpc) is 3.74. The zero-order valence-electron chi connectivity index (χ0n) is 23.7. The number of benzene rings is 3. The van der Waals surface area contributed by atoms with E-state index in [1.54, 1.807) is 30.6 Å². The van der Waals surface area contributed by atoms with E-state index in [2.05, 4.69) is 55.5 Å². The van der Waals surface area contributed by atoms with Crippen LogP contribution in [-0.2, 0) is 38.8 Å². The van der Waals surface area contributed by atoms with E-state index >= 15 is 0 Å². The number of nitrogens with zero attached hydrogens (tertiary/aromatic N) is 5. The Hall–Kier alpha value is -4.82. The summed E-state index contributed by atoms with van der Waals surface area (Å²) in [6.07, 6.45) is 10.8. The fraction of sp³-hybridized carbons (Fsp3) is 0.235. The predicted molar refractivity (Wildman–Crippen MR) is 163 cm³/mol. The zero-order chi connectivity index (χ0) is 29.1. The Kier molecular flexibility index (Phi) is 9.69. The molecule has 2 aromatic heterocycles. The van der Waals surface area contributed by atoms with Gasteiger partial charge < -0.3 is 14.9 Å². The maximum atomic E-state index is 12.4. The van der Waals surface area contributed by atoms with Crippen molar-refractivity contribution >= 4 is 11.8 Å². The van der Waals surface area contributed by atoms with Gasteiger partial charge in [0.05, 0.1) is 23.8 Å². The number of hydrogen-bond acceptors (Lipinski definition) is 5. The molecule has 0 radical (unpaired) electrons. The van der Waals surface area contributed by atoms with Crippen molar-refractivity contribution < 1.29 is 9.59 Å². The Morgan fingerprint density at radius 3 is 1.48 bits per heavy atom. The number of carbonyl (C=O) groups is 2. The van der Waals surface area contributed by atoms with Crippen molar-refractivity contribution in [3.8, 4) is 0 Å². The summed E-state index contributed by atoms with van der Waals surface area (Å²) in [4.78, 5) is 34.6. The van der Waals surface area contributed by atoms with Gasteiger partial charge in [-0.05, 0) is 42.6 Å². The van der Waals surface area contributed by atoms with Crippen LogP contribution in [-0.4, -0.2) is 48.9 Å². The summed E-state index contributed by atoms with van der Waals surface area (Å²) in [5.41, 5.74) is 11.4. The molecule has 0 saturated carbocycles. The minimum atomic E-state index is -0.207. The van der Waals surface area contributed by atoms with Crippen LogP contribution in [0.2, 0.25) is 0 Å². The zero-order valence-corrected chi connectivity index (χ0v) is 23.7. The first kappa shape index (κ1) is 28.7. The molecule has 3 heterocycles. The first-order chi connectivity index (χ1) is 20.6. The third kappa shape index (κ3) is 7.08. The molecule has 1 aliphatic heterocycles. The third-order valence-electron chi connectivity index (χ3n) is 7.44. The van der Waals surface area contributed by atoms with Gasteiger partial charge in [-0.2, -0.15) is 0 Å². The molecule has 0 aliphatic carbocycles. The standard InChI is InChI=1S/C21H19N3O2.C13H17N3/c25-20-18-8-4-5-9-19(18)21(26)24(20)13-11-17-14-22-15-23(17)12-10-16-6-2-1-3-7-16;14-8-6-13-10-15-11-16(13)9-7-12-4-2-1-3-5-12/h1-9,14-15H,10-13H2;1-5,10-11H,6-9,14H2. The van der Waals surface area contributed by atoms with Crippen molar-refractivity contribution in [3.05, 3.63) is 144 Å². The van der Waals surface area contributed by atoms with Crippen molar-refractivity contribution in [3.63, 3.8) is 0 Å². The highest BCUT2D eigenvalue weighted by Gasteiger charge is 2.34. The van der Waals surface area contributed by atoms with Gasteiger partial charge >= 0.3 is 0 Å². The van der Waals surface area contributed by atoms with Crippen LogP contribution >= 0.6 is 0 Å². The van der Waals surface area contributed by atoms with Gasteiger partial charge in [0.25, 0.3) is 11.8 Å². The Morgan fingerprint density at radius 2 is 1.00 bits per heavy atom. The largest absolute Gasteiger partial charge is 0.334 e. The van der Waals surface area contributed by atoms with Crippen LogP contribution in [0.5, 0.6) is 0 Å². The molecule has 0 unspecified atom stereocenters. The predicted octanol–water partition coefficient (Wildman–Crippen LogP) is 4.59. The van der Waals surface area contributed by atoms with E-state index in [1.165, 1.54) is 21.7 Å². The molecule has 0 fully saturated rings. The molecule has 0 spiro atoms. The number of aryl methyl sites for hydroxylation is 4. The minimum absolute atomic E-state index is 0.207. The Morgan fingerprint density at radius 1 is 0.548 bits per heavy atom. The van der Waals surface area contributed by atoms with Gasteiger partial charge in [-0.15, -0.1) is 0 Å². The van der Waals surface area contributed by atoms with E-state index in [-0.39, 0.29) is 11.8 Å². The molecule has 0 bridgehead atoms. The second-order valence-corrected chi connectivity index (χ2v) is 10.2. The van der Waals surface area contributed by atoms with E-state index < -0.39 is 0 Å². The summed E-state index contributed by atoms with van der Waals surface area (Å²) in [5.74, 6) is -0.415. The van der Waals surface area contributed by atoms with Gasteiger partial charge in [0.2, 0.25) is 0 Å². The SMILES string of the molecule is NCCc1cncn1CCc1ccccc1.O=C1c2ccccc2C(=O)N1CCc1cncn1CCc1ccccc1. The first-order valence-corrected chi connectivity index (χ1v) is 14.3. The van der Waals surface area contributed by atoms with E-state index in [1.807, 2.05) is 43.0 Å². The van der Waals surface area contributed by atoms with Crippen molar-refractivity contribution in [2.24, 2.45) is 5.73 Å². The number of rotatable bonds is 11. The minimum Gasteiger partial charge on any atom is -0.334 e. The second-order valence-electron chi connectivity index (χ2n) is 10.2. The van der Waals surface area contributed by atoms with Crippen LogP contribution in [0.15, 0.2) is 110 Å². The lowest BCUT2D eigenvalue weighted by atomic mass is 10.1. The summed E-state index contributed by atoms with van der Waals surface area (Å²) >= 11 is 0. The van der Waals surface area contributed by atoms with Crippen LogP contribution < -0.4 is 5.73 Å². The Bertz CT molecular complexity index is 1560. The highest BCUT2D eigenvalue weighted by Crippen LogP contribution is 2.22. The quantitative estimate of drug-likeness (QED) is 0.238. The molecular formula is C34H36N6O2. The van der Waals surface area contributed by atoms with Crippen LogP contribution in [0.3, 0.4) is 0 Å². The molecule has 3 aromatic carbocycles. The van der Waals surface area contributed by atoms with E-state index in [0.717, 1.165) is 38.0 Å². The normalized spacial score (nSPS) is 12.3. The number of aromatic nitrogens is 4. The molecular weight excluding hydrogens is 524 g/mol. The van der Waals surface area contributed by atoms with Gasteiger partial charge in [-0.1, -0.05) is 72.8 Å². The number of hydrogen-bond donors (Lipinski definition) is 1. The van der Waals surface area contributed by atoms with Crippen molar-refractivity contribution in [2.75, 3.05) is 13.1 Å². The average molecular weight is 561 g/mol. The van der Waals surface area contributed by atoms with E-state index in [0.29, 0.717) is 30.6 Å². The lowest BCUT2D eigenvalue weighted by molar-refractivity contribution is 0.0655. The molecule has 0 saturated heterocycles. The van der Waals surface area contributed by atoms with E-state index in [4.69, 9.17) is 5.73 Å². The summed E-state index contributed by atoms with van der Waals surface area (Å²) in [6, 6.07) is 27.8. The van der Waals surface area contributed by atoms with Gasteiger partial charge in [0.1, 0.15) is 0 Å². The van der Waals surface area contributed by atoms with Crippen LogP contribution in [0.25, 0.3) is 0 Å². The number of amides is 2. The second kappa shape index (κ2) is 14.2. The Balaban J connectivity index is 0.000000189. The molecule has 8 nitrogen and oxygen atoms in total. The molecule has 5 aromatic rings. The lowest BCUT2D eigenvalue weighted by Crippen LogP contribution is -2.32. The molecule has 8 heteroatoms. The fourth-order valence-corrected chi connectivity index (χ4v) is 5.12. The first-order valence-electron chi connectivity index (χ1n) is 14.3. The smallest absolute Gasteiger partial charge is 0.261 e. The van der Waals surface area contributed by atoms with Gasteiger partial charge in [0, 0.05) is 56.3 Å². The van der Waals surface area contributed by atoms with Gasteiger partial charge in [0.15, 0.2) is 0 Å². The molecule has 2 amide bonds. The summed E-state index contributed by atoms with van der Waals surface area (Å²) in [7, 11) is 0. The van der Waals surface area contributed by atoms with Crippen molar-refractivity contribution in [1.29, 1.82) is 0 Å². The lowest BCUT2D eigenvalue weighted by Gasteiger charge is -2.14. The van der Waals surface area contributed by atoms with Crippen LogP contribution in [0, 0.1) is 0 Å². The maximum Gasteiger partial charge on any atom is 0.261 e. The monoisotopic (exact) mass is 560 g/mol. The molecule has 1 aliphatic rings. The number of fused-ring (bicyclic) bond motifs is 1. The maximum absolute atomic E-state index is 12.4. The van der Waals surface area contributed by atoms with Crippen molar-refractivity contribution in [2.45, 2.75) is 38.8 Å². The number of carbonyl (C=O) groups excluding carboxylic acids is 2. The van der Waals surface area contributed by atoms with Crippen LogP contribution in [0.4, 0.5) is 0 Å². The number of imidazole rings is 2. The third-order valence-corrected chi connectivity index (χ3v) is 7.44. The molecule has 214 valence electrons. The number of imide groups is 1. The molecule has 6 rings (SSSR count). The fourth-order valence-electron chi connectivity index (χ4n) is 5.12. The Labute approximate surface area is 246 Å².